The first-order valence-corrected chi connectivity index (χ1v) is 8.51. The summed E-state index contributed by atoms with van der Waals surface area (Å²) in [4.78, 5) is 2.58. The van der Waals surface area contributed by atoms with Crippen molar-refractivity contribution in [3.05, 3.63) is 70.9 Å². The third-order valence-electron chi connectivity index (χ3n) is 5.12. The number of hydrogen-bond donors (Lipinski definition) is 0. The van der Waals surface area contributed by atoms with E-state index < -0.39 is 0 Å². The number of rotatable bonds is 3. The van der Waals surface area contributed by atoms with Gasteiger partial charge in [0, 0.05) is 30.3 Å². The number of nitrogens with zero attached hydrogens (tertiary/aromatic N) is 1. The minimum atomic E-state index is 0.635. The van der Waals surface area contributed by atoms with Gasteiger partial charge in [0.05, 0.1) is 7.11 Å². The molecule has 1 unspecified atom stereocenters. The Morgan fingerprint density at radius 3 is 2.78 bits per heavy atom. The number of allylic oxidation sites excluding steroid dienone is 1. The molecule has 1 atom stereocenters. The molecule has 1 heterocycles. The van der Waals surface area contributed by atoms with E-state index in [0.717, 1.165) is 25.3 Å². The van der Waals surface area contributed by atoms with Gasteiger partial charge in [0.25, 0.3) is 0 Å². The zero-order valence-electron chi connectivity index (χ0n) is 13.7. The fourth-order valence-electron chi connectivity index (χ4n) is 3.99. The van der Waals surface area contributed by atoms with Crippen molar-refractivity contribution in [1.82, 2.24) is 4.90 Å². The minimum absolute atomic E-state index is 0.635. The van der Waals surface area contributed by atoms with Crippen molar-refractivity contribution < 1.29 is 4.74 Å². The van der Waals surface area contributed by atoms with Crippen LogP contribution in [0.3, 0.4) is 0 Å². The second kappa shape index (κ2) is 6.11. The van der Waals surface area contributed by atoms with Crippen molar-refractivity contribution in [3.63, 3.8) is 0 Å². The number of ether oxygens (including phenoxy) is 1. The first-order chi connectivity index (χ1) is 11.3. The van der Waals surface area contributed by atoms with Crippen molar-refractivity contribution in [2.45, 2.75) is 25.8 Å². The molecule has 0 N–H and O–H groups in total. The third-order valence-corrected chi connectivity index (χ3v) is 5.12. The fraction of sp³-hybridized carbons (Fsp3) is 0.333. The predicted molar refractivity (Wildman–Crippen MR) is 94.3 cm³/mol. The van der Waals surface area contributed by atoms with Gasteiger partial charge < -0.3 is 9.64 Å². The van der Waals surface area contributed by atoms with Gasteiger partial charge in [-0.25, -0.2) is 0 Å². The summed E-state index contributed by atoms with van der Waals surface area (Å²) in [5, 5.41) is 0. The van der Waals surface area contributed by atoms with E-state index in [9.17, 15) is 0 Å². The lowest BCUT2D eigenvalue weighted by molar-refractivity contribution is 0.233. The van der Waals surface area contributed by atoms with Crippen LogP contribution in [-0.2, 0) is 13.0 Å². The molecular formula is C21H23NO. The standard InChI is InChI=1S/C21H23NO/c1-23-21-11-5-9-17-14-20-18(13-19(17)21)10-6-12-22(20)15-16-7-3-2-4-8-16/h2-5,7-9,11,14,18H,6,10,12-13,15H2,1H3. The summed E-state index contributed by atoms with van der Waals surface area (Å²) in [6.45, 7) is 2.18. The summed E-state index contributed by atoms with van der Waals surface area (Å²) >= 11 is 0. The Labute approximate surface area is 138 Å². The molecule has 23 heavy (non-hydrogen) atoms. The summed E-state index contributed by atoms with van der Waals surface area (Å²) < 4.78 is 5.57. The number of hydrogen-bond acceptors (Lipinski definition) is 2. The first-order valence-electron chi connectivity index (χ1n) is 8.51. The van der Waals surface area contributed by atoms with Crippen LogP contribution < -0.4 is 4.74 Å². The Kier molecular flexibility index (Phi) is 3.82. The topological polar surface area (TPSA) is 12.5 Å². The van der Waals surface area contributed by atoms with E-state index in [2.05, 4.69) is 59.5 Å². The molecule has 2 aromatic rings. The van der Waals surface area contributed by atoms with Crippen LogP contribution in [0.15, 0.2) is 54.2 Å². The van der Waals surface area contributed by atoms with Crippen LogP contribution in [-0.4, -0.2) is 18.6 Å². The monoisotopic (exact) mass is 305 g/mol. The molecule has 0 spiro atoms. The number of benzene rings is 2. The van der Waals surface area contributed by atoms with E-state index in [-0.39, 0.29) is 0 Å². The van der Waals surface area contributed by atoms with Crippen molar-refractivity contribution in [1.29, 1.82) is 0 Å². The van der Waals surface area contributed by atoms with Gasteiger partial charge >= 0.3 is 0 Å². The largest absolute Gasteiger partial charge is 0.496 e. The molecule has 4 rings (SSSR count). The molecule has 1 aliphatic carbocycles. The van der Waals surface area contributed by atoms with Crippen LogP contribution in [0.5, 0.6) is 5.75 Å². The Morgan fingerprint density at radius 1 is 1.09 bits per heavy atom. The predicted octanol–water partition coefficient (Wildman–Crippen LogP) is 4.50. The van der Waals surface area contributed by atoms with Gasteiger partial charge in [-0.1, -0.05) is 42.5 Å². The molecule has 118 valence electrons. The summed E-state index contributed by atoms with van der Waals surface area (Å²) in [5.74, 6) is 1.68. The SMILES string of the molecule is COc1cccc2c1CC1CCCN(Cc3ccccc3)C1=C2. The molecule has 1 saturated heterocycles. The van der Waals surface area contributed by atoms with Gasteiger partial charge in [0.1, 0.15) is 5.75 Å². The molecule has 1 aliphatic heterocycles. The average molecular weight is 305 g/mol. The van der Waals surface area contributed by atoms with Gasteiger partial charge in [0.15, 0.2) is 0 Å². The van der Waals surface area contributed by atoms with E-state index in [1.54, 1.807) is 7.11 Å². The van der Waals surface area contributed by atoms with Crippen LogP contribution in [0.4, 0.5) is 0 Å². The van der Waals surface area contributed by atoms with E-state index >= 15 is 0 Å². The van der Waals surface area contributed by atoms with E-state index in [1.807, 2.05) is 0 Å². The molecular weight excluding hydrogens is 282 g/mol. The number of fused-ring (bicyclic) bond motifs is 2. The second-order valence-corrected chi connectivity index (χ2v) is 6.55. The van der Waals surface area contributed by atoms with Gasteiger partial charge in [-0.15, -0.1) is 0 Å². The fourth-order valence-corrected chi connectivity index (χ4v) is 3.99. The molecule has 0 amide bonds. The lowest BCUT2D eigenvalue weighted by atomic mass is 9.81. The van der Waals surface area contributed by atoms with Crippen molar-refractivity contribution in [2.75, 3.05) is 13.7 Å². The second-order valence-electron chi connectivity index (χ2n) is 6.55. The van der Waals surface area contributed by atoms with E-state index in [1.165, 1.54) is 35.2 Å². The molecule has 2 nitrogen and oxygen atoms in total. The van der Waals surface area contributed by atoms with Gasteiger partial charge in [-0.05, 0) is 42.5 Å². The van der Waals surface area contributed by atoms with Crippen LogP contribution in [0.25, 0.3) is 6.08 Å². The maximum atomic E-state index is 5.57. The maximum Gasteiger partial charge on any atom is 0.122 e. The molecule has 0 bridgehead atoms. The Hall–Kier alpha value is -2.22. The average Bonchev–Trinajstić information content (AvgIpc) is 2.61. The summed E-state index contributed by atoms with van der Waals surface area (Å²) in [6.07, 6.45) is 6.07. The molecule has 2 aliphatic rings. The highest BCUT2D eigenvalue weighted by Gasteiger charge is 2.30. The number of likely N-dealkylation sites (tertiary alicyclic amines) is 1. The highest BCUT2D eigenvalue weighted by Crippen LogP contribution is 2.40. The van der Waals surface area contributed by atoms with Crippen molar-refractivity contribution >= 4 is 6.08 Å². The highest BCUT2D eigenvalue weighted by atomic mass is 16.5. The van der Waals surface area contributed by atoms with E-state index in [0.29, 0.717) is 5.92 Å². The summed E-state index contributed by atoms with van der Waals surface area (Å²) in [5.41, 5.74) is 5.62. The van der Waals surface area contributed by atoms with Crippen molar-refractivity contribution in [3.8, 4) is 5.75 Å². The smallest absolute Gasteiger partial charge is 0.122 e. The Balaban J connectivity index is 1.67. The summed E-state index contributed by atoms with van der Waals surface area (Å²) in [6, 6.07) is 17.2. The van der Waals surface area contributed by atoms with E-state index in [4.69, 9.17) is 4.74 Å². The Bertz CT molecular complexity index is 720. The zero-order chi connectivity index (χ0) is 15.6. The Morgan fingerprint density at radius 2 is 1.96 bits per heavy atom. The van der Waals surface area contributed by atoms with Crippen LogP contribution >= 0.6 is 0 Å². The number of piperidine rings is 1. The maximum absolute atomic E-state index is 5.57. The van der Waals surface area contributed by atoms with Crippen molar-refractivity contribution in [2.24, 2.45) is 5.92 Å². The zero-order valence-corrected chi connectivity index (χ0v) is 13.7. The lowest BCUT2D eigenvalue weighted by Gasteiger charge is -2.40. The molecule has 0 radical (unpaired) electrons. The molecule has 2 heteroatoms. The normalized spacial score (nSPS) is 19.6. The van der Waals surface area contributed by atoms with Crippen LogP contribution in [0.2, 0.25) is 0 Å². The number of methoxy groups -OCH3 is 1. The minimum Gasteiger partial charge on any atom is -0.496 e. The third kappa shape index (κ3) is 2.74. The van der Waals surface area contributed by atoms with Gasteiger partial charge in [-0.2, -0.15) is 0 Å². The lowest BCUT2D eigenvalue weighted by Crippen LogP contribution is -2.35. The summed E-state index contributed by atoms with van der Waals surface area (Å²) in [7, 11) is 1.78. The quantitative estimate of drug-likeness (QED) is 0.827. The van der Waals surface area contributed by atoms with Gasteiger partial charge in [-0.3, -0.25) is 0 Å². The van der Waals surface area contributed by atoms with Gasteiger partial charge in [0.2, 0.25) is 0 Å². The molecule has 0 aromatic heterocycles. The molecule has 2 aromatic carbocycles. The first kappa shape index (κ1) is 14.4. The van der Waals surface area contributed by atoms with Crippen LogP contribution in [0, 0.1) is 5.92 Å². The van der Waals surface area contributed by atoms with Crippen LogP contribution in [0.1, 0.15) is 29.5 Å². The molecule has 1 fully saturated rings. The molecule has 0 saturated carbocycles. The highest BCUT2D eigenvalue weighted by molar-refractivity contribution is 5.63.